The van der Waals surface area contributed by atoms with Gasteiger partial charge in [-0.25, -0.2) is 0 Å². The molecule has 21 heavy (non-hydrogen) atoms. The molecule has 1 aromatic carbocycles. The minimum atomic E-state index is -0.00277. The third-order valence-electron chi connectivity index (χ3n) is 3.22. The Morgan fingerprint density at radius 2 is 2.14 bits per heavy atom. The predicted octanol–water partition coefficient (Wildman–Crippen LogP) is 2.18. The molecule has 0 bridgehead atoms. The van der Waals surface area contributed by atoms with Gasteiger partial charge >= 0.3 is 0 Å². The first-order chi connectivity index (χ1) is 10.0. The predicted molar refractivity (Wildman–Crippen MR) is 81.9 cm³/mol. The number of hydrogen-bond donors (Lipinski definition) is 0. The lowest BCUT2D eigenvalue weighted by atomic mass is 10.0. The van der Waals surface area contributed by atoms with Gasteiger partial charge in [-0.3, -0.25) is 0 Å². The summed E-state index contributed by atoms with van der Waals surface area (Å²) in [7, 11) is 5.68. The van der Waals surface area contributed by atoms with Gasteiger partial charge in [0.15, 0.2) is 5.82 Å². The molecule has 6 nitrogen and oxygen atoms in total. The van der Waals surface area contributed by atoms with Gasteiger partial charge in [0.1, 0.15) is 5.75 Å². The molecule has 1 heterocycles. The Labute approximate surface area is 129 Å². The van der Waals surface area contributed by atoms with Crippen LogP contribution in [0.4, 0.5) is 0 Å². The zero-order valence-electron chi connectivity index (χ0n) is 12.7. The molecule has 1 unspecified atom stereocenters. The standard InChI is InChI=1S/C14H20ClN5O/c1-10-16-18-20(17-10)13(7-8-19(2)3)11-5-6-14(21-4)12(15)9-11/h5-6,9,13H,7-8H2,1-4H3. The molecular formula is C14H20ClN5O. The minimum absolute atomic E-state index is 0.00277. The van der Waals surface area contributed by atoms with E-state index in [2.05, 4.69) is 20.3 Å². The number of methoxy groups -OCH3 is 1. The Bertz CT molecular complexity index is 599. The number of aromatic nitrogens is 4. The average Bonchev–Trinajstić information content (AvgIpc) is 2.85. The van der Waals surface area contributed by atoms with Crippen LogP contribution in [0.5, 0.6) is 5.75 Å². The number of benzene rings is 1. The summed E-state index contributed by atoms with van der Waals surface area (Å²) in [5.74, 6) is 1.32. The number of aryl methyl sites for hydroxylation is 1. The van der Waals surface area contributed by atoms with Crippen LogP contribution in [0.1, 0.15) is 23.9 Å². The fraction of sp³-hybridized carbons (Fsp3) is 0.500. The van der Waals surface area contributed by atoms with Crippen LogP contribution < -0.4 is 4.74 Å². The van der Waals surface area contributed by atoms with Gasteiger partial charge in [-0.1, -0.05) is 17.7 Å². The molecule has 0 aliphatic heterocycles. The summed E-state index contributed by atoms with van der Waals surface area (Å²) in [4.78, 5) is 3.78. The van der Waals surface area contributed by atoms with E-state index in [0.29, 0.717) is 16.6 Å². The first-order valence-electron chi connectivity index (χ1n) is 6.75. The zero-order chi connectivity index (χ0) is 15.4. The summed E-state index contributed by atoms with van der Waals surface area (Å²) in [6.45, 7) is 2.74. The van der Waals surface area contributed by atoms with Crippen molar-refractivity contribution in [3.8, 4) is 5.75 Å². The molecule has 0 N–H and O–H groups in total. The van der Waals surface area contributed by atoms with Crippen molar-refractivity contribution in [1.82, 2.24) is 25.1 Å². The number of rotatable bonds is 6. The van der Waals surface area contributed by atoms with Crippen LogP contribution in [0.2, 0.25) is 5.02 Å². The van der Waals surface area contributed by atoms with Crippen LogP contribution >= 0.6 is 11.6 Å². The molecule has 7 heteroatoms. The van der Waals surface area contributed by atoms with Gasteiger partial charge in [0.2, 0.25) is 0 Å². The maximum atomic E-state index is 6.23. The second kappa shape index (κ2) is 6.87. The van der Waals surface area contributed by atoms with Crippen LogP contribution in [-0.2, 0) is 0 Å². The number of nitrogens with zero attached hydrogens (tertiary/aromatic N) is 5. The average molecular weight is 310 g/mol. The first kappa shape index (κ1) is 15.7. The Balaban J connectivity index is 2.32. The molecular weight excluding hydrogens is 290 g/mol. The van der Waals surface area contributed by atoms with Crippen molar-refractivity contribution < 1.29 is 4.74 Å². The van der Waals surface area contributed by atoms with Gasteiger partial charge in [-0.2, -0.15) is 4.80 Å². The number of hydrogen-bond acceptors (Lipinski definition) is 5. The van der Waals surface area contributed by atoms with E-state index in [4.69, 9.17) is 16.3 Å². The Morgan fingerprint density at radius 1 is 1.38 bits per heavy atom. The Hall–Kier alpha value is -1.66. The summed E-state index contributed by atoms with van der Waals surface area (Å²) in [6.07, 6.45) is 0.867. The first-order valence-corrected chi connectivity index (χ1v) is 7.13. The summed E-state index contributed by atoms with van der Waals surface area (Å²) < 4.78 is 5.20. The molecule has 2 aromatic rings. The maximum Gasteiger partial charge on any atom is 0.171 e. The SMILES string of the molecule is COc1ccc(C(CCN(C)C)n2nnc(C)n2)cc1Cl. The van der Waals surface area contributed by atoms with Crippen molar-refractivity contribution in [2.45, 2.75) is 19.4 Å². The van der Waals surface area contributed by atoms with Crippen LogP contribution in [0.25, 0.3) is 0 Å². The minimum Gasteiger partial charge on any atom is -0.495 e. The quantitative estimate of drug-likeness (QED) is 0.818. The Morgan fingerprint density at radius 3 is 2.67 bits per heavy atom. The summed E-state index contributed by atoms with van der Waals surface area (Å²) in [6, 6.07) is 5.75. The number of ether oxygens (including phenoxy) is 1. The third kappa shape index (κ3) is 3.92. The van der Waals surface area contributed by atoms with Crippen LogP contribution in [0, 0.1) is 6.92 Å². The molecule has 1 aromatic heterocycles. The molecule has 1 atom stereocenters. The summed E-state index contributed by atoms with van der Waals surface area (Å²) in [5, 5.41) is 13.0. The van der Waals surface area contributed by atoms with E-state index in [1.165, 1.54) is 0 Å². The van der Waals surface area contributed by atoms with Crippen LogP contribution in [-0.4, -0.2) is 52.9 Å². The van der Waals surface area contributed by atoms with Crippen molar-refractivity contribution in [2.24, 2.45) is 0 Å². The van der Waals surface area contributed by atoms with E-state index in [-0.39, 0.29) is 6.04 Å². The zero-order valence-corrected chi connectivity index (χ0v) is 13.5. The van der Waals surface area contributed by atoms with Crippen molar-refractivity contribution in [2.75, 3.05) is 27.7 Å². The molecule has 0 saturated carbocycles. The van der Waals surface area contributed by atoms with Gasteiger partial charge in [-0.15, -0.1) is 10.2 Å². The summed E-state index contributed by atoms with van der Waals surface area (Å²) in [5.41, 5.74) is 1.04. The normalized spacial score (nSPS) is 12.7. The van der Waals surface area contributed by atoms with E-state index >= 15 is 0 Å². The highest BCUT2D eigenvalue weighted by Gasteiger charge is 2.18. The monoisotopic (exact) mass is 309 g/mol. The van der Waals surface area contributed by atoms with E-state index in [1.807, 2.05) is 39.2 Å². The lowest BCUT2D eigenvalue weighted by Gasteiger charge is -2.19. The molecule has 114 valence electrons. The fourth-order valence-corrected chi connectivity index (χ4v) is 2.38. The molecule has 0 fully saturated rings. The van der Waals surface area contributed by atoms with Crippen LogP contribution in [0.3, 0.4) is 0 Å². The second-order valence-electron chi connectivity index (χ2n) is 5.16. The Kier molecular flexibility index (Phi) is 5.14. The molecule has 0 spiro atoms. The van der Waals surface area contributed by atoms with E-state index in [9.17, 15) is 0 Å². The molecule has 0 amide bonds. The second-order valence-corrected chi connectivity index (χ2v) is 5.57. The maximum absolute atomic E-state index is 6.23. The third-order valence-corrected chi connectivity index (χ3v) is 3.51. The highest BCUT2D eigenvalue weighted by molar-refractivity contribution is 6.32. The van der Waals surface area contributed by atoms with Gasteiger partial charge in [-0.05, 0) is 56.9 Å². The topological polar surface area (TPSA) is 56.1 Å². The lowest BCUT2D eigenvalue weighted by Crippen LogP contribution is -2.21. The van der Waals surface area contributed by atoms with Crippen molar-refractivity contribution >= 4 is 11.6 Å². The van der Waals surface area contributed by atoms with Crippen molar-refractivity contribution in [3.05, 3.63) is 34.6 Å². The lowest BCUT2D eigenvalue weighted by molar-refractivity contribution is 0.339. The van der Waals surface area contributed by atoms with Crippen LogP contribution in [0.15, 0.2) is 18.2 Å². The molecule has 0 aliphatic carbocycles. The van der Waals surface area contributed by atoms with Gasteiger partial charge in [0, 0.05) is 0 Å². The number of tetrazole rings is 1. The molecule has 0 saturated heterocycles. The van der Waals surface area contributed by atoms with E-state index < -0.39 is 0 Å². The largest absolute Gasteiger partial charge is 0.495 e. The van der Waals surface area contributed by atoms with Gasteiger partial charge in [0.25, 0.3) is 0 Å². The van der Waals surface area contributed by atoms with Gasteiger partial charge < -0.3 is 9.64 Å². The molecule has 0 radical (unpaired) electrons. The number of halogens is 1. The van der Waals surface area contributed by atoms with E-state index in [0.717, 1.165) is 18.5 Å². The smallest absolute Gasteiger partial charge is 0.171 e. The van der Waals surface area contributed by atoms with Gasteiger partial charge in [0.05, 0.1) is 18.2 Å². The highest BCUT2D eigenvalue weighted by atomic mass is 35.5. The summed E-state index contributed by atoms with van der Waals surface area (Å²) >= 11 is 6.23. The molecule has 0 aliphatic rings. The van der Waals surface area contributed by atoms with E-state index in [1.54, 1.807) is 11.9 Å². The fourth-order valence-electron chi connectivity index (χ4n) is 2.12. The van der Waals surface area contributed by atoms with Crippen molar-refractivity contribution in [3.63, 3.8) is 0 Å². The van der Waals surface area contributed by atoms with Crippen molar-refractivity contribution in [1.29, 1.82) is 0 Å². The highest BCUT2D eigenvalue weighted by Crippen LogP contribution is 2.30. The molecule has 2 rings (SSSR count).